The number of hydrogen-bond donors (Lipinski definition) is 1. The number of nitriles is 1. The molecule has 0 bridgehead atoms. The highest BCUT2D eigenvalue weighted by Gasteiger charge is 2.22. The van der Waals surface area contributed by atoms with E-state index >= 15 is 0 Å². The molecule has 2 aromatic carbocycles. The second-order valence-corrected chi connectivity index (χ2v) is 5.63. The fourth-order valence-electron chi connectivity index (χ4n) is 2.71. The van der Waals surface area contributed by atoms with E-state index in [1.807, 2.05) is 39.0 Å². The van der Waals surface area contributed by atoms with Gasteiger partial charge in [0.2, 0.25) is 0 Å². The molecule has 24 heavy (non-hydrogen) atoms. The Morgan fingerprint density at radius 1 is 1.29 bits per heavy atom. The SMILES string of the molecule is CC.Cc1cccc2c(C(CC#N)c3ccc(Cl)cc3F)[nH]nc12. The Morgan fingerprint density at radius 3 is 2.71 bits per heavy atom. The van der Waals surface area contributed by atoms with Crippen molar-refractivity contribution in [3.05, 3.63) is 64.1 Å². The molecule has 0 fully saturated rings. The van der Waals surface area contributed by atoms with E-state index in [-0.39, 0.29) is 6.42 Å². The summed E-state index contributed by atoms with van der Waals surface area (Å²) in [5, 5.41) is 17.7. The fourth-order valence-corrected chi connectivity index (χ4v) is 2.87. The number of aryl methyl sites for hydroxylation is 1. The summed E-state index contributed by atoms with van der Waals surface area (Å²) in [6.45, 7) is 5.97. The molecule has 1 heterocycles. The van der Waals surface area contributed by atoms with Gasteiger partial charge in [-0.3, -0.25) is 5.10 Å². The number of hydrogen-bond acceptors (Lipinski definition) is 2. The van der Waals surface area contributed by atoms with Crippen LogP contribution in [0.1, 0.15) is 43.0 Å². The highest BCUT2D eigenvalue weighted by molar-refractivity contribution is 6.30. The number of aromatic nitrogens is 2. The monoisotopic (exact) mass is 343 g/mol. The first-order chi connectivity index (χ1) is 11.6. The largest absolute Gasteiger partial charge is 0.281 e. The van der Waals surface area contributed by atoms with Crippen molar-refractivity contribution in [2.24, 2.45) is 0 Å². The van der Waals surface area contributed by atoms with E-state index in [9.17, 15) is 4.39 Å². The minimum absolute atomic E-state index is 0.157. The van der Waals surface area contributed by atoms with Gasteiger partial charge >= 0.3 is 0 Å². The van der Waals surface area contributed by atoms with Crippen molar-refractivity contribution < 1.29 is 4.39 Å². The summed E-state index contributed by atoms with van der Waals surface area (Å²) in [6.07, 6.45) is 0.157. The van der Waals surface area contributed by atoms with Crippen LogP contribution in [0.4, 0.5) is 4.39 Å². The molecule has 1 atom stereocenters. The number of para-hydroxylation sites is 1. The lowest BCUT2D eigenvalue weighted by Gasteiger charge is -2.14. The first-order valence-electron chi connectivity index (χ1n) is 7.87. The van der Waals surface area contributed by atoms with Gasteiger partial charge in [0.05, 0.1) is 17.3 Å². The standard InChI is InChI=1S/C17H13ClFN3.C2H6/c1-10-3-2-4-14-16(10)21-22-17(14)13(7-8-20)12-6-5-11(18)9-15(12)19;1-2/h2-6,9,13H,7H2,1H3,(H,21,22);1-2H3. The maximum atomic E-state index is 14.3. The zero-order valence-electron chi connectivity index (χ0n) is 13.9. The molecule has 0 saturated heterocycles. The minimum atomic E-state index is -0.414. The van der Waals surface area contributed by atoms with Crippen molar-refractivity contribution >= 4 is 22.5 Å². The van der Waals surface area contributed by atoms with E-state index in [1.165, 1.54) is 6.07 Å². The molecule has 0 amide bonds. The predicted octanol–water partition coefficient (Wildman–Crippen LogP) is 5.74. The van der Waals surface area contributed by atoms with Gasteiger partial charge in [0, 0.05) is 22.7 Å². The summed E-state index contributed by atoms with van der Waals surface area (Å²) in [4.78, 5) is 0. The van der Waals surface area contributed by atoms with Crippen LogP contribution in [-0.4, -0.2) is 10.2 Å². The molecule has 3 nitrogen and oxygen atoms in total. The van der Waals surface area contributed by atoms with E-state index in [2.05, 4.69) is 16.3 Å². The van der Waals surface area contributed by atoms with Crippen LogP contribution < -0.4 is 0 Å². The van der Waals surface area contributed by atoms with Crippen molar-refractivity contribution in [1.29, 1.82) is 5.26 Å². The molecular formula is C19H19ClFN3. The van der Waals surface area contributed by atoms with Crippen molar-refractivity contribution in [2.75, 3.05) is 0 Å². The molecule has 1 unspecified atom stereocenters. The van der Waals surface area contributed by atoms with Crippen molar-refractivity contribution in [1.82, 2.24) is 10.2 Å². The van der Waals surface area contributed by atoms with Crippen molar-refractivity contribution in [3.8, 4) is 6.07 Å². The second-order valence-electron chi connectivity index (χ2n) is 5.19. The van der Waals surface area contributed by atoms with Crippen molar-refractivity contribution in [3.63, 3.8) is 0 Å². The topological polar surface area (TPSA) is 52.5 Å². The number of rotatable bonds is 3. The smallest absolute Gasteiger partial charge is 0.128 e. The molecule has 3 rings (SSSR count). The third-order valence-corrected chi connectivity index (χ3v) is 4.03. The Balaban J connectivity index is 0.00000100. The van der Waals surface area contributed by atoms with Gasteiger partial charge in [-0.1, -0.05) is 49.7 Å². The highest BCUT2D eigenvalue weighted by Crippen LogP contribution is 2.34. The molecule has 0 radical (unpaired) electrons. The number of nitrogens with one attached hydrogen (secondary N) is 1. The van der Waals surface area contributed by atoms with Crippen LogP contribution >= 0.6 is 11.6 Å². The van der Waals surface area contributed by atoms with Gasteiger partial charge in [-0.2, -0.15) is 10.4 Å². The Hall–Kier alpha value is -2.38. The average Bonchev–Trinajstić information content (AvgIpc) is 3.00. The van der Waals surface area contributed by atoms with Gasteiger partial charge in [-0.05, 0) is 30.2 Å². The van der Waals surface area contributed by atoms with Gasteiger partial charge < -0.3 is 0 Å². The van der Waals surface area contributed by atoms with Crippen LogP contribution in [0, 0.1) is 24.1 Å². The van der Waals surface area contributed by atoms with E-state index in [4.69, 9.17) is 16.9 Å². The molecule has 1 aromatic heterocycles. The summed E-state index contributed by atoms with van der Waals surface area (Å²) in [6, 6.07) is 12.5. The lowest BCUT2D eigenvalue weighted by Crippen LogP contribution is -2.04. The van der Waals surface area contributed by atoms with Gasteiger partial charge in [0.1, 0.15) is 5.82 Å². The number of nitrogens with zero attached hydrogens (tertiary/aromatic N) is 2. The maximum Gasteiger partial charge on any atom is 0.128 e. The van der Waals surface area contributed by atoms with Gasteiger partial charge in [0.15, 0.2) is 0 Å². The van der Waals surface area contributed by atoms with Crippen LogP contribution in [0.3, 0.4) is 0 Å². The van der Waals surface area contributed by atoms with E-state index in [0.717, 1.165) is 22.2 Å². The lowest BCUT2D eigenvalue weighted by atomic mass is 9.90. The Bertz CT molecular complexity index is 880. The van der Waals surface area contributed by atoms with Crippen LogP contribution in [0.25, 0.3) is 10.9 Å². The van der Waals surface area contributed by atoms with Crippen LogP contribution in [-0.2, 0) is 0 Å². The van der Waals surface area contributed by atoms with Crippen LogP contribution in [0.15, 0.2) is 36.4 Å². The zero-order chi connectivity index (χ0) is 17.7. The number of halogens is 2. The molecule has 3 aromatic rings. The summed E-state index contributed by atoms with van der Waals surface area (Å²) in [7, 11) is 0. The first kappa shape index (κ1) is 18.0. The molecule has 124 valence electrons. The minimum Gasteiger partial charge on any atom is -0.281 e. The third kappa shape index (κ3) is 3.42. The predicted molar refractivity (Wildman–Crippen MR) is 95.7 cm³/mol. The Morgan fingerprint density at radius 2 is 2.04 bits per heavy atom. The fraction of sp³-hybridized carbons (Fsp3) is 0.263. The summed E-state index contributed by atoms with van der Waals surface area (Å²) >= 11 is 5.81. The Labute approximate surface area is 146 Å². The van der Waals surface area contributed by atoms with Crippen molar-refractivity contribution in [2.45, 2.75) is 33.1 Å². The Kier molecular flexibility index (Phi) is 5.94. The molecule has 5 heteroatoms. The summed E-state index contributed by atoms with van der Waals surface area (Å²) in [5.74, 6) is -0.822. The highest BCUT2D eigenvalue weighted by atomic mass is 35.5. The zero-order valence-corrected chi connectivity index (χ0v) is 14.7. The first-order valence-corrected chi connectivity index (χ1v) is 8.25. The lowest BCUT2D eigenvalue weighted by molar-refractivity contribution is 0.595. The quantitative estimate of drug-likeness (QED) is 0.659. The average molecular weight is 344 g/mol. The van der Waals surface area contributed by atoms with Crippen LogP contribution in [0.5, 0.6) is 0 Å². The van der Waals surface area contributed by atoms with Gasteiger partial charge in [-0.15, -0.1) is 0 Å². The number of aromatic amines is 1. The third-order valence-electron chi connectivity index (χ3n) is 3.80. The molecule has 0 aliphatic carbocycles. The summed E-state index contributed by atoms with van der Waals surface area (Å²) < 4.78 is 14.3. The number of H-pyrrole nitrogens is 1. The van der Waals surface area contributed by atoms with E-state index in [0.29, 0.717) is 10.6 Å². The molecular weight excluding hydrogens is 325 g/mol. The van der Waals surface area contributed by atoms with Gasteiger partial charge in [-0.25, -0.2) is 4.39 Å². The molecule has 0 aliphatic heterocycles. The van der Waals surface area contributed by atoms with Gasteiger partial charge in [0.25, 0.3) is 0 Å². The number of fused-ring (bicyclic) bond motifs is 1. The molecule has 0 spiro atoms. The second kappa shape index (κ2) is 7.94. The molecule has 0 aliphatic rings. The normalized spacial score (nSPS) is 11.5. The molecule has 1 N–H and O–H groups in total. The maximum absolute atomic E-state index is 14.3. The summed E-state index contributed by atoms with van der Waals surface area (Å²) in [5.41, 5.74) is 3.07. The van der Waals surface area contributed by atoms with E-state index < -0.39 is 11.7 Å². The number of benzene rings is 2. The van der Waals surface area contributed by atoms with Crippen LogP contribution in [0.2, 0.25) is 5.02 Å². The van der Waals surface area contributed by atoms with E-state index in [1.54, 1.807) is 12.1 Å². The molecule has 0 saturated carbocycles.